The Hall–Kier alpha value is -1.21. The van der Waals surface area contributed by atoms with E-state index in [9.17, 15) is 10.1 Å². The van der Waals surface area contributed by atoms with E-state index in [4.69, 9.17) is 0 Å². The maximum absolute atomic E-state index is 10.4. The van der Waals surface area contributed by atoms with Crippen LogP contribution in [0.3, 0.4) is 0 Å². The van der Waals surface area contributed by atoms with Gasteiger partial charge < -0.3 is 10.6 Å². The third-order valence-electron chi connectivity index (χ3n) is 1.73. The van der Waals surface area contributed by atoms with Crippen LogP contribution in [-0.2, 0) is 0 Å². The molecule has 1 aromatic heterocycles. The van der Waals surface area contributed by atoms with E-state index in [2.05, 4.69) is 22.5 Å². The zero-order valence-corrected chi connectivity index (χ0v) is 9.34. The molecule has 2 N–H and O–H groups in total. The molecule has 0 aromatic carbocycles. The zero-order valence-electron chi connectivity index (χ0n) is 8.52. The molecule has 84 valence electrons. The van der Waals surface area contributed by atoms with Gasteiger partial charge in [-0.05, 0) is 30.8 Å². The highest BCUT2D eigenvalue weighted by atomic mass is 32.1. The van der Waals surface area contributed by atoms with Gasteiger partial charge in [0.15, 0.2) is 5.13 Å². The number of thiazole rings is 1. The van der Waals surface area contributed by atoms with Crippen LogP contribution in [-0.4, -0.2) is 29.5 Å². The van der Waals surface area contributed by atoms with Crippen molar-refractivity contribution in [2.24, 2.45) is 0 Å². The third kappa shape index (κ3) is 4.22. The van der Waals surface area contributed by atoms with Crippen molar-refractivity contribution in [2.45, 2.75) is 13.3 Å². The molecule has 1 rings (SSSR count). The lowest BCUT2D eigenvalue weighted by Gasteiger charge is -2.02. The molecule has 0 spiro atoms. The van der Waals surface area contributed by atoms with Crippen LogP contribution in [0.2, 0.25) is 0 Å². The standard InChI is InChI=1S/C8H14N4O2S/c1-2-9-4-3-5-10-8-11-6-7(15-8)12(13)14/h6,9H,2-5H2,1H3,(H,10,11). The lowest BCUT2D eigenvalue weighted by molar-refractivity contribution is -0.380. The van der Waals surface area contributed by atoms with Gasteiger partial charge in [-0.15, -0.1) is 0 Å². The molecule has 0 fully saturated rings. The summed E-state index contributed by atoms with van der Waals surface area (Å²) in [6, 6.07) is 0. The first-order valence-corrected chi connectivity index (χ1v) is 5.60. The quantitative estimate of drug-likeness (QED) is 0.421. The normalized spacial score (nSPS) is 10.2. The minimum absolute atomic E-state index is 0.0733. The Balaban J connectivity index is 2.23. The first-order chi connectivity index (χ1) is 7.24. The summed E-state index contributed by atoms with van der Waals surface area (Å²) < 4.78 is 0. The number of anilines is 1. The number of rotatable bonds is 7. The Bertz CT molecular complexity index is 315. The van der Waals surface area contributed by atoms with Crippen LogP contribution in [0.15, 0.2) is 6.20 Å². The molecule has 0 amide bonds. The minimum Gasteiger partial charge on any atom is -0.361 e. The molecule has 0 aliphatic rings. The molecule has 1 aromatic rings. The lowest BCUT2D eigenvalue weighted by Crippen LogP contribution is -2.17. The number of nitrogens with zero attached hydrogens (tertiary/aromatic N) is 2. The molecule has 0 atom stereocenters. The first kappa shape index (κ1) is 11.9. The number of hydrogen-bond acceptors (Lipinski definition) is 6. The molecule has 0 saturated heterocycles. The fraction of sp³-hybridized carbons (Fsp3) is 0.625. The summed E-state index contributed by atoms with van der Waals surface area (Å²) in [7, 11) is 0. The van der Waals surface area contributed by atoms with E-state index in [-0.39, 0.29) is 5.00 Å². The Morgan fingerprint density at radius 2 is 2.40 bits per heavy atom. The molecule has 0 aliphatic carbocycles. The third-order valence-corrected chi connectivity index (χ3v) is 2.64. The average molecular weight is 230 g/mol. The molecular formula is C8H14N4O2S. The first-order valence-electron chi connectivity index (χ1n) is 4.79. The Labute approximate surface area is 91.9 Å². The van der Waals surface area contributed by atoms with Gasteiger partial charge in [-0.2, -0.15) is 0 Å². The molecule has 1 heterocycles. The highest BCUT2D eigenvalue weighted by molar-refractivity contribution is 7.18. The fourth-order valence-corrected chi connectivity index (χ4v) is 1.67. The Morgan fingerprint density at radius 3 is 3.00 bits per heavy atom. The van der Waals surface area contributed by atoms with E-state index in [1.807, 2.05) is 0 Å². The van der Waals surface area contributed by atoms with Crippen molar-refractivity contribution in [1.29, 1.82) is 0 Å². The van der Waals surface area contributed by atoms with E-state index in [0.29, 0.717) is 5.13 Å². The molecule has 0 unspecified atom stereocenters. The number of aromatic nitrogens is 1. The Morgan fingerprint density at radius 1 is 1.60 bits per heavy atom. The number of nitrogens with one attached hydrogen (secondary N) is 2. The lowest BCUT2D eigenvalue weighted by atomic mass is 10.4. The second-order valence-electron chi connectivity index (χ2n) is 2.89. The minimum atomic E-state index is -0.429. The van der Waals surface area contributed by atoms with Gasteiger partial charge in [0.05, 0.1) is 4.92 Å². The van der Waals surface area contributed by atoms with Crippen molar-refractivity contribution in [3.63, 3.8) is 0 Å². The van der Waals surface area contributed by atoms with E-state index in [1.54, 1.807) is 0 Å². The maximum Gasteiger partial charge on any atom is 0.345 e. The van der Waals surface area contributed by atoms with Gasteiger partial charge in [0, 0.05) is 6.54 Å². The summed E-state index contributed by atoms with van der Waals surface area (Å²) >= 11 is 1.06. The molecule has 0 aliphatic heterocycles. The van der Waals surface area contributed by atoms with Gasteiger partial charge in [0.2, 0.25) is 0 Å². The molecule has 6 nitrogen and oxygen atoms in total. The van der Waals surface area contributed by atoms with Gasteiger partial charge in [0.1, 0.15) is 6.20 Å². The summed E-state index contributed by atoms with van der Waals surface area (Å²) in [5.41, 5.74) is 0. The molecule has 15 heavy (non-hydrogen) atoms. The van der Waals surface area contributed by atoms with Crippen LogP contribution in [0.1, 0.15) is 13.3 Å². The van der Waals surface area contributed by atoms with Crippen LogP contribution in [0, 0.1) is 10.1 Å². The maximum atomic E-state index is 10.4. The van der Waals surface area contributed by atoms with Crippen molar-refractivity contribution < 1.29 is 4.92 Å². The smallest absolute Gasteiger partial charge is 0.345 e. The topological polar surface area (TPSA) is 80.1 Å². The summed E-state index contributed by atoms with van der Waals surface area (Å²) in [6.07, 6.45) is 2.25. The van der Waals surface area contributed by atoms with Crippen molar-refractivity contribution in [3.8, 4) is 0 Å². The highest BCUT2D eigenvalue weighted by Crippen LogP contribution is 2.24. The van der Waals surface area contributed by atoms with E-state index >= 15 is 0 Å². The summed E-state index contributed by atoms with van der Waals surface area (Å²) in [4.78, 5) is 13.8. The second kappa shape index (κ2) is 6.31. The van der Waals surface area contributed by atoms with Crippen molar-refractivity contribution in [3.05, 3.63) is 16.3 Å². The zero-order chi connectivity index (χ0) is 11.1. The fourth-order valence-electron chi connectivity index (χ4n) is 1.02. The molecule has 0 bridgehead atoms. The van der Waals surface area contributed by atoms with E-state index in [1.165, 1.54) is 6.20 Å². The molecule has 0 saturated carbocycles. The average Bonchev–Trinajstić information content (AvgIpc) is 2.66. The van der Waals surface area contributed by atoms with E-state index < -0.39 is 4.92 Å². The Kier molecular flexibility index (Phi) is 4.99. The monoisotopic (exact) mass is 230 g/mol. The van der Waals surface area contributed by atoms with Crippen molar-refractivity contribution >= 4 is 21.5 Å². The number of nitro groups is 1. The molecule has 0 radical (unpaired) electrons. The number of hydrogen-bond donors (Lipinski definition) is 2. The molecular weight excluding hydrogens is 216 g/mol. The molecule has 7 heteroatoms. The predicted octanol–water partition coefficient (Wildman–Crippen LogP) is 1.46. The SMILES string of the molecule is CCNCCCNc1ncc([N+](=O)[O-])s1. The van der Waals surface area contributed by atoms with E-state index in [0.717, 1.165) is 37.4 Å². The van der Waals surface area contributed by atoms with Gasteiger partial charge in [-0.1, -0.05) is 6.92 Å². The van der Waals surface area contributed by atoms with Crippen LogP contribution in [0.4, 0.5) is 10.1 Å². The van der Waals surface area contributed by atoms with Crippen LogP contribution in [0.5, 0.6) is 0 Å². The summed E-state index contributed by atoms with van der Waals surface area (Å²) in [5.74, 6) is 0. The second-order valence-corrected chi connectivity index (χ2v) is 3.90. The van der Waals surface area contributed by atoms with Gasteiger partial charge in [-0.25, -0.2) is 4.98 Å². The largest absolute Gasteiger partial charge is 0.361 e. The van der Waals surface area contributed by atoms with Gasteiger partial charge in [-0.3, -0.25) is 10.1 Å². The van der Waals surface area contributed by atoms with Crippen molar-refractivity contribution in [1.82, 2.24) is 10.3 Å². The summed E-state index contributed by atoms with van der Waals surface area (Å²) in [6.45, 7) is 4.73. The van der Waals surface area contributed by atoms with Crippen molar-refractivity contribution in [2.75, 3.05) is 25.0 Å². The van der Waals surface area contributed by atoms with Gasteiger partial charge in [0.25, 0.3) is 0 Å². The highest BCUT2D eigenvalue weighted by Gasteiger charge is 2.10. The van der Waals surface area contributed by atoms with Crippen LogP contribution in [0.25, 0.3) is 0 Å². The van der Waals surface area contributed by atoms with Gasteiger partial charge >= 0.3 is 5.00 Å². The van der Waals surface area contributed by atoms with Crippen LogP contribution < -0.4 is 10.6 Å². The van der Waals surface area contributed by atoms with Crippen LogP contribution >= 0.6 is 11.3 Å². The summed E-state index contributed by atoms with van der Waals surface area (Å²) in [5, 5.41) is 17.3. The predicted molar refractivity (Wildman–Crippen MR) is 60.4 cm³/mol.